The van der Waals surface area contributed by atoms with Gasteiger partial charge in [-0.1, -0.05) is 152 Å². The SMILES string of the molecule is c1cc(-c2ccc3ccccc3c2)cc(N(c2ccc(-c3cccc4oc5ccccc5c34)cc2)c2cccc(-c3cc4ccccc4c4ccccc34)c2)c1. The lowest BCUT2D eigenvalue weighted by Gasteiger charge is -2.27. The Labute approximate surface area is 325 Å². The first-order valence-corrected chi connectivity index (χ1v) is 19.2. The van der Waals surface area contributed by atoms with Crippen LogP contribution in [0.3, 0.4) is 0 Å². The maximum absolute atomic E-state index is 6.25. The molecule has 0 aliphatic carbocycles. The molecule has 2 heteroatoms. The van der Waals surface area contributed by atoms with Crippen LogP contribution in [0.1, 0.15) is 0 Å². The highest BCUT2D eigenvalue weighted by molar-refractivity contribution is 6.14. The highest BCUT2D eigenvalue weighted by Gasteiger charge is 2.18. The summed E-state index contributed by atoms with van der Waals surface area (Å²) < 4.78 is 6.25. The van der Waals surface area contributed by atoms with Crippen molar-refractivity contribution in [3.05, 3.63) is 212 Å². The number of nitrogens with zero attached hydrogens (tertiary/aromatic N) is 1. The number of benzene rings is 10. The van der Waals surface area contributed by atoms with Gasteiger partial charge in [-0.2, -0.15) is 0 Å². The van der Waals surface area contributed by atoms with E-state index >= 15 is 0 Å². The molecule has 11 rings (SSSR count). The number of anilines is 3. The van der Waals surface area contributed by atoms with Gasteiger partial charge in [0.05, 0.1) is 0 Å². The van der Waals surface area contributed by atoms with Crippen molar-refractivity contribution in [2.75, 3.05) is 4.90 Å². The lowest BCUT2D eigenvalue weighted by Crippen LogP contribution is -2.10. The Balaban J connectivity index is 1.07. The Morgan fingerprint density at radius 3 is 1.70 bits per heavy atom. The fraction of sp³-hybridized carbons (Fsp3) is 0. The van der Waals surface area contributed by atoms with Crippen LogP contribution in [0.15, 0.2) is 217 Å². The smallest absolute Gasteiger partial charge is 0.136 e. The molecular weight excluding hydrogens is 679 g/mol. The molecule has 0 spiro atoms. The predicted octanol–water partition coefficient (Wildman–Crippen LogP) is 15.5. The molecule has 0 N–H and O–H groups in total. The predicted molar refractivity (Wildman–Crippen MR) is 237 cm³/mol. The van der Waals surface area contributed by atoms with Crippen LogP contribution in [0, 0.1) is 0 Å². The quantitative estimate of drug-likeness (QED) is 0.160. The van der Waals surface area contributed by atoms with E-state index in [-0.39, 0.29) is 0 Å². The zero-order valence-corrected chi connectivity index (χ0v) is 30.6. The zero-order valence-electron chi connectivity index (χ0n) is 30.6. The number of hydrogen-bond acceptors (Lipinski definition) is 2. The molecule has 11 aromatic rings. The van der Waals surface area contributed by atoms with Crippen molar-refractivity contribution in [1.29, 1.82) is 0 Å². The van der Waals surface area contributed by atoms with E-state index in [1.54, 1.807) is 0 Å². The summed E-state index contributed by atoms with van der Waals surface area (Å²) in [7, 11) is 0. The molecule has 1 aromatic heterocycles. The van der Waals surface area contributed by atoms with E-state index in [4.69, 9.17) is 4.42 Å². The maximum Gasteiger partial charge on any atom is 0.136 e. The van der Waals surface area contributed by atoms with Gasteiger partial charge in [0.25, 0.3) is 0 Å². The van der Waals surface area contributed by atoms with Crippen LogP contribution in [-0.4, -0.2) is 0 Å². The van der Waals surface area contributed by atoms with E-state index < -0.39 is 0 Å². The summed E-state index contributed by atoms with van der Waals surface area (Å²) in [6, 6.07) is 76.6. The minimum atomic E-state index is 0.901. The molecule has 0 amide bonds. The van der Waals surface area contributed by atoms with Gasteiger partial charge < -0.3 is 9.32 Å². The first-order valence-electron chi connectivity index (χ1n) is 19.2. The van der Waals surface area contributed by atoms with E-state index in [1.165, 1.54) is 54.6 Å². The number of fused-ring (bicyclic) bond motifs is 7. The van der Waals surface area contributed by atoms with Crippen molar-refractivity contribution in [3.63, 3.8) is 0 Å². The second-order valence-electron chi connectivity index (χ2n) is 14.5. The molecule has 0 radical (unpaired) electrons. The van der Waals surface area contributed by atoms with Gasteiger partial charge in [-0.05, 0) is 126 Å². The maximum atomic E-state index is 6.25. The summed E-state index contributed by atoms with van der Waals surface area (Å²) in [5.41, 5.74) is 12.1. The normalized spacial score (nSPS) is 11.6. The van der Waals surface area contributed by atoms with Crippen LogP contribution >= 0.6 is 0 Å². The molecule has 0 aliphatic heterocycles. The molecule has 0 aliphatic rings. The fourth-order valence-corrected chi connectivity index (χ4v) is 8.55. The molecule has 56 heavy (non-hydrogen) atoms. The monoisotopic (exact) mass is 713 g/mol. The third kappa shape index (κ3) is 5.42. The number of para-hydroxylation sites is 1. The van der Waals surface area contributed by atoms with E-state index in [9.17, 15) is 0 Å². The third-order valence-electron chi connectivity index (χ3n) is 11.2. The number of furan rings is 1. The Morgan fingerprint density at radius 2 is 0.875 bits per heavy atom. The number of hydrogen-bond donors (Lipinski definition) is 0. The molecule has 10 aromatic carbocycles. The van der Waals surface area contributed by atoms with Crippen LogP contribution < -0.4 is 4.90 Å². The van der Waals surface area contributed by atoms with E-state index in [0.29, 0.717) is 0 Å². The van der Waals surface area contributed by atoms with Gasteiger partial charge in [0, 0.05) is 27.8 Å². The highest BCUT2D eigenvalue weighted by atomic mass is 16.3. The van der Waals surface area contributed by atoms with Gasteiger partial charge in [-0.3, -0.25) is 0 Å². The molecule has 0 saturated heterocycles. The Kier molecular flexibility index (Phi) is 7.53. The molecule has 262 valence electrons. The van der Waals surface area contributed by atoms with Crippen LogP contribution in [0.2, 0.25) is 0 Å². The molecular formula is C54H35NO. The Hall–Kier alpha value is -7.42. The average Bonchev–Trinajstić information content (AvgIpc) is 3.66. The minimum Gasteiger partial charge on any atom is -0.456 e. The molecule has 0 atom stereocenters. The molecule has 0 bridgehead atoms. The van der Waals surface area contributed by atoms with Crippen LogP contribution in [0.25, 0.3) is 87.6 Å². The average molecular weight is 714 g/mol. The molecule has 0 saturated carbocycles. The van der Waals surface area contributed by atoms with E-state index in [0.717, 1.165) is 50.1 Å². The lowest BCUT2D eigenvalue weighted by molar-refractivity contribution is 0.669. The topological polar surface area (TPSA) is 16.4 Å². The Morgan fingerprint density at radius 1 is 0.286 bits per heavy atom. The van der Waals surface area contributed by atoms with Gasteiger partial charge in [0.2, 0.25) is 0 Å². The molecule has 2 nitrogen and oxygen atoms in total. The molecule has 0 fully saturated rings. The van der Waals surface area contributed by atoms with Crippen LogP contribution in [0.4, 0.5) is 17.1 Å². The van der Waals surface area contributed by atoms with Crippen molar-refractivity contribution < 1.29 is 4.42 Å². The van der Waals surface area contributed by atoms with Gasteiger partial charge in [0.1, 0.15) is 11.2 Å². The zero-order chi connectivity index (χ0) is 37.0. The van der Waals surface area contributed by atoms with E-state index in [2.05, 4.69) is 205 Å². The molecule has 0 unspecified atom stereocenters. The standard InChI is InChI=1S/C54H35NO/c1-2-13-38-32-40(27-26-36(38)12-1)39-15-9-17-44(33-39)55(43-30-28-37(29-31-43)47-23-11-25-53-54(47)50-22-7-8-24-52(50)56-53)45-18-10-16-41(34-45)51-35-42-14-3-4-19-46(42)48-20-5-6-21-49(48)51/h1-35H. The Bertz CT molecular complexity index is 3260. The largest absolute Gasteiger partial charge is 0.456 e. The fourth-order valence-electron chi connectivity index (χ4n) is 8.55. The van der Waals surface area contributed by atoms with E-state index in [1.807, 2.05) is 12.1 Å². The first-order chi connectivity index (χ1) is 27.7. The summed E-state index contributed by atoms with van der Waals surface area (Å²) in [4.78, 5) is 2.38. The summed E-state index contributed by atoms with van der Waals surface area (Å²) in [6.45, 7) is 0. The second kappa shape index (κ2) is 13.2. The number of rotatable bonds is 6. The summed E-state index contributed by atoms with van der Waals surface area (Å²) >= 11 is 0. The highest BCUT2D eigenvalue weighted by Crippen LogP contribution is 2.42. The molecule has 1 heterocycles. The van der Waals surface area contributed by atoms with Crippen LogP contribution in [-0.2, 0) is 0 Å². The van der Waals surface area contributed by atoms with Crippen molar-refractivity contribution in [2.45, 2.75) is 0 Å². The van der Waals surface area contributed by atoms with Crippen molar-refractivity contribution >= 4 is 71.3 Å². The van der Waals surface area contributed by atoms with Crippen molar-refractivity contribution in [1.82, 2.24) is 0 Å². The third-order valence-corrected chi connectivity index (χ3v) is 11.2. The van der Waals surface area contributed by atoms with Crippen molar-refractivity contribution in [3.8, 4) is 33.4 Å². The van der Waals surface area contributed by atoms with Gasteiger partial charge >= 0.3 is 0 Å². The first kappa shape index (κ1) is 32.0. The van der Waals surface area contributed by atoms with Crippen LogP contribution in [0.5, 0.6) is 0 Å². The minimum absolute atomic E-state index is 0.901. The van der Waals surface area contributed by atoms with Gasteiger partial charge in [-0.15, -0.1) is 0 Å². The lowest BCUT2D eigenvalue weighted by atomic mass is 9.93. The van der Waals surface area contributed by atoms with Gasteiger partial charge in [-0.25, -0.2) is 0 Å². The summed E-state index contributed by atoms with van der Waals surface area (Å²) in [5, 5.41) is 9.78. The van der Waals surface area contributed by atoms with Gasteiger partial charge in [0.15, 0.2) is 0 Å². The second-order valence-corrected chi connectivity index (χ2v) is 14.5. The summed E-state index contributed by atoms with van der Waals surface area (Å²) in [6.07, 6.45) is 0. The summed E-state index contributed by atoms with van der Waals surface area (Å²) in [5.74, 6) is 0. The van der Waals surface area contributed by atoms with Crippen molar-refractivity contribution in [2.24, 2.45) is 0 Å².